The number of amides is 1. The van der Waals surface area contributed by atoms with Gasteiger partial charge in [0, 0.05) is 11.6 Å². The molecule has 0 fully saturated rings. The van der Waals surface area contributed by atoms with Crippen LogP contribution in [0, 0.1) is 5.92 Å². The molecule has 0 saturated carbocycles. The molecule has 0 aliphatic rings. The maximum absolute atomic E-state index is 12.8. The summed E-state index contributed by atoms with van der Waals surface area (Å²) in [5.41, 5.74) is 0.524. The van der Waals surface area contributed by atoms with E-state index in [0.29, 0.717) is 5.56 Å². The number of nitrogens with zero attached hydrogens (tertiary/aromatic N) is 2. The minimum absolute atomic E-state index is 0.00465. The fraction of sp³-hybridized carbons (Fsp3) is 0.261. The highest BCUT2D eigenvalue weighted by atomic mass is 19.4. The number of nitrogens with one attached hydrogen (secondary N) is 1. The first-order valence-electron chi connectivity index (χ1n) is 9.82. The summed E-state index contributed by atoms with van der Waals surface area (Å²) >= 11 is 0. The van der Waals surface area contributed by atoms with Crippen LogP contribution in [0.4, 0.5) is 13.2 Å². The van der Waals surface area contributed by atoms with Gasteiger partial charge in [-0.1, -0.05) is 67.9 Å². The highest BCUT2D eigenvalue weighted by molar-refractivity contribution is 5.91. The second-order valence-corrected chi connectivity index (χ2v) is 7.15. The van der Waals surface area contributed by atoms with Crippen LogP contribution in [0.3, 0.4) is 0 Å². The molecule has 2 atom stereocenters. The average molecular weight is 429 g/mol. The molecule has 0 unspecified atom stereocenters. The van der Waals surface area contributed by atoms with Gasteiger partial charge in [-0.05, 0) is 29.7 Å². The molecule has 3 rings (SSSR count). The topological polar surface area (TPSA) is 68.0 Å². The summed E-state index contributed by atoms with van der Waals surface area (Å²) in [4.78, 5) is 16.7. The molecule has 0 bridgehead atoms. The SMILES string of the molecule is CC[C@@H](C)[C@@H](NC(=O)/C=C/c1ccccc1)c1nc(-c2ccc(C(F)(F)F)cc2)no1. The maximum Gasteiger partial charge on any atom is 0.416 e. The normalized spacial score (nSPS) is 13.8. The Bertz CT molecular complexity index is 1030. The smallest absolute Gasteiger partial charge is 0.340 e. The fourth-order valence-corrected chi connectivity index (χ4v) is 2.91. The van der Waals surface area contributed by atoms with Crippen molar-refractivity contribution >= 4 is 12.0 Å². The largest absolute Gasteiger partial charge is 0.416 e. The van der Waals surface area contributed by atoms with Gasteiger partial charge in [0.25, 0.3) is 0 Å². The number of benzene rings is 2. The number of halogens is 3. The Morgan fingerprint density at radius 3 is 2.42 bits per heavy atom. The van der Waals surface area contributed by atoms with Crippen molar-refractivity contribution in [2.24, 2.45) is 5.92 Å². The fourth-order valence-electron chi connectivity index (χ4n) is 2.91. The van der Waals surface area contributed by atoms with E-state index >= 15 is 0 Å². The molecule has 8 heteroatoms. The lowest BCUT2D eigenvalue weighted by molar-refractivity contribution is -0.137. The molecule has 0 saturated heterocycles. The Kier molecular flexibility index (Phi) is 6.89. The van der Waals surface area contributed by atoms with Crippen molar-refractivity contribution in [2.45, 2.75) is 32.5 Å². The van der Waals surface area contributed by atoms with Crippen LogP contribution in [0.5, 0.6) is 0 Å². The molecular formula is C23H22F3N3O2. The summed E-state index contributed by atoms with van der Waals surface area (Å²) in [6.07, 6.45) is -0.548. The number of alkyl halides is 3. The van der Waals surface area contributed by atoms with Gasteiger partial charge in [-0.2, -0.15) is 18.2 Å². The lowest BCUT2D eigenvalue weighted by atomic mass is 9.99. The molecule has 1 N–H and O–H groups in total. The molecule has 1 aromatic heterocycles. The van der Waals surface area contributed by atoms with Gasteiger partial charge < -0.3 is 9.84 Å². The van der Waals surface area contributed by atoms with Crippen LogP contribution < -0.4 is 5.32 Å². The zero-order chi connectivity index (χ0) is 22.4. The molecule has 5 nitrogen and oxygen atoms in total. The Labute approximate surface area is 178 Å². The number of carbonyl (C=O) groups excluding carboxylic acids is 1. The first kappa shape index (κ1) is 22.3. The molecule has 0 radical (unpaired) electrons. The predicted molar refractivity (Wildman–Crippen MR) is 111 cm³/mol. The van der Waals surface area contributed by atoms with Crippen molar-refractivity contribution < 1.29 is 22.5 Å². The second kappa shape index (κ2) is 9.59. The van der Waals surface area contributed by atoms with E-state index in [2.05, 4.69) is 15.5 Å². The van der Waals surface area contributed by atoms with Crippen molar-refractivity contribution in [2.75, 3.05) is 0 Å². The number of hydrogen-bond donors (Lipinski definition) is 1. The van der Waals surface area contributed by atoms with Gasteiger partial charge in [-0.25, -0.2) is 0 Å². The Morgan fingerprint density at radius 2 is 1.81 bits per heavy atom. The van der Waals surface area contributed by atoms with E-state index < -0.39 is 17.8 Å². The third kappa shape index (κ3) is 5.81. The number of rotatable bonds is 7. The number of carbonyl (C=O) groups is 1. The van der Waals surface area contributed by atoms with Crippen LogP contribution in [-0.4, -0.2) is 16.0 Å². The van der Waals surface area contributed by atoms with E-state index in [1.165, 1.54) is 18.2 Å². The summed E-state index contributed by atoms with van der Waals surface area (Å²) in [7, 11) is 0. The van der Waals surface area contributed by atoms with E-state index in [9.17, 15) is 18.0 Å². The van der Waals surface area contributed by atoms with E-state index in [4.69, 9.17) is 4.52 Å². The third-order valence-corrected chi connectivity index (χ3v) is 4.92. The average Bonchev–Trinajstić information content (AvgIpc) is 3.25. The van der Waals surface area contributed by atoms with Crippen LogP contribution in [0.2, 0.25) is 0 Å². The van der Waals surface area contributed by atoms with Crippen LogP contribution in [0.1, 0.15) is 43.3 Å². The second-order valence-electron chi connectivity index (χ2n) is 7.15. The minimum Gasteiger partial charge on any atom is -0.340 e. The summed E-state index contributed by atoms with van der Waals surface area (Å²) in [6.45, 7) is 3.91. The highest BCUT2D eigenvalue weighted by Crippen LogP contribution is 2.31. The molecule has 0 spiro atoms. The lowest BCUT2D eigenvalue weighted by Gasteiger charge is -2.19. The monoisotopic (exact) mass is 429 g/mol. The molecule has 1 heterocycles. The van der Waals surface area contributed by atoms with Gasteiger partial charge in [0.2, 0.25) is 17.6 Å². The highest BCUT2D eigenvalue weighted by Gasteiger charge is 2.30. The molecule has 0 aliphatic carbocycles. The lowest BCUT2D eigenvalue weighted by Crippen LogP contribution is -2.31. The first-order valence-corrected chi connectivity index (χ1v) is 9.82. The van der Waals surface area contributed by atoms with Gasteiger partial charge in [-0.15, -0.1) is 0 Å². The van der Waals surface area contributed by atoms with Crippen LogP contribution in [0.15, 0.2) is 65.2 Å². The zero-order valence-electron chi connectivity index (χ0n) is 17.1. The Morgan fingerprint density at radius 1 is 1.13 bits per heavy atom. The molecule has 31 heavy (non-hydrogen) atoms. The first-order chi connectivity index (χ1) is 14.8. The molecular weight excluding hydrogens is 407 g/mol. The van der Waals surface area contributed by atoms with E-state index in [-0.39, 0.29) is 23.5 Å². The van der Waals surface area contributed by atoms with Gasteiger partial charge in [0.15, 0.2) is 0 Å². The van der Waals surface area contributed by atoms with Gasteiger partial charge >= 0.3 is 6.18 Å². The maximum atomic E-state index is 12.8. The third-order valence-electron chi connectivity index (χ3n) is 4.92. The summed E-state index contributed by atoms with van der Waals surface area (Å²) in [5, 5.41) is 6.76. The number of aromatic nitrogens is 2. The Balaban J connectivity index is 1.76. The summed E-state index contributed by atoms with van der Waals surface area (Å²) in [5.74, 6) is 0.0372. The van der Waals surface area contributed by atoms with Crippen molar-refractivity contribution in [1.29, 1.82) is 0 Å². The molecule has 0 aliphatic heterocycles. The minimum atomic E-state index is -4.42. The zero-order valence-corrected chi connectivity index (χ0v) is 17.1. The van der Waals surface area contributed by atoms with Crippen molar-refractivity contribution in [3.63, 3.8) is 0 Å². The molecule has 1 amide bonds. The van der Waals surface area contributed by atoms with Gasteiger partial charge in [0.05, 0.1) is 5.56 Å². The van der Waals surface area contributed by atoms with Gasteiger partial charge in [-0.3, -0.25) is 4.79 Å². The van der Waals surface area contributed by atoms with Crippen molar-refractivity contribution in [3.05, 3.63) is 77.7 Å². The van der Waals surface area contributed by atoms with Gasteiger partial charge in [0.1, 0.15) is 6.04 Å². The molecule has 3 aromatic rings. The molecule has 2 aromatic carbocycles. The Hall–Kier alpha value is -3.42. The standard InChI is InChI=1S/C23H22F3N3O2/c1-3-15(2)20(27-19(30)14-9-16-7-5-4-6-8-16)22-28-21(29-31-22)17-10-12-18(13-11-17)23(24,25)26/h4-15,20H,3H2,1-2H3,(H,27,30)/b14-9+/t15-,20-/m1/s1. The van der Waals surface area contributed by atoms with Crippen LogP contribution >= 0.6 is 0 Å². The molecule has 162 valence electrons. The van der Waals surface area contributed by atoms with E-state index in [0.717, 1.165) is 24.1 Å². The van der Waals surface area contributed by atoms with E-state index in [1.54, 1.807) is 6.08 Å². The van der Waals surface area contributed by atoms with Crippen molar-refractivity contribution in [3.8, 4) is 11.4 Å². The predicted octanol–water partition coefficient (Wildman–Crippen LogP) is 5.67. The summed E-state index contributed by atoms with van der Waals surface area (Å²) in [6, 6.07) is 13.4. The van der Waals surface area contributed by atoms with Crippen LogP contribution in [-0.2, 0) is 11.0 Å². The van der Waals surface area contributed by atoms with Crippen LogP contribution in [0.25, 0.3) is 17.5 Å². The number of hydrogen-bond acceptors (Lipinski definition) is 4. The van der Waals surface area contributed by atoms with Crippen molar-refractivity contribution in [1.82, 2.24) is 15.5 Å². The van der Waals surface area contributed by atoms with E-state index in [1.807, 2.05) is 44.2 Å². The summed E-state index contributed by atoms with van der Waals surface area (Å²) < 4.78 is 43.6. The quantitative estimate of drug-likeness (QED) is 0.491.